The molecule has 0 aliphatic carbocycles. The van der Waals surface area contributed by atoms with Gasteiger partial charge in [-0.2, -0.15) is 0 Å². The number of aliphatic hydroxyl groups is 5. The van der Waals surface area contributed by atoms with Gasteiger partial charge in [0.2, 0.25) is 22.9 Å². The van der Waals surface area contributed by atoms with Gasteiger partial charge >= 0.3 is 11.9 Å². The molecule has 198 valence electrons. The molecule has 0 aliphatic rings. The molecule has 0 radical (unpaired) electrons. The SMILES string of the molecule is CC(=O)Oc1ccccc1C(=O)[C@](O)([C@@](N)(O)C=O)[C@](O)(C(=O)c1ccccc1OC(C)=O)[C@H](O)CO. The summed E-state index contributed by atoms with van der Waals surface area (Å²) in [5.41, 5.74) is -7.86. The number of rotatable bonds is 11. The fraction of sp³-hybridized carbons (Fsp3) is 0.292. The predicted octanol–water partition coefficient (Wildman–Crippen LogP) is -1.74. The molecule has 37 heavy (non-hydrogen) atoms. The number of aldehydes is 1. The molecule has 7 N–H and O–H groups in total. The Bertz CT molecular complexity index is 1230. The van der Waals surface area contributed by atoms with Crippen LogP contribution in [-0.4, -0.2) is 85.0 Å². The molecule has 2 aromatic carbocycles. The van der Waals surface area contributed by atoms with Gasteiger partial charge in [-0.05, 0) is 24.3 Å². The number of ketones is 2. The van der Waals surface area contributed by atoms with Gasteiger partial charge in [0.15, 0.2) is 11.9 Å². The lowest BCUT2D eigenvalue weighted by Crippen LogP contribution is -2.81. The first-order valence-electron chi connectivity index (χ1n) is 10.5. The number of hydrogen-bond acceptors (Lipinski definition) is 13. The van der Waals surface area contributed by atoms with E-state index in [1.807, 2.05) is 0 Å². The van der Waals surface area contributed by atoms with Gasteiger partial charge in [-0.15, -0.1) is 0 Å². The van der Waals surface area contributed by atoms with E-state index in [1.54, 1.807) is 0 Å². The fourth-order valence-corrected chi connectivity index (χ4v) is 3.63. The molecular formula is C24H25NO12. The summed E-state index contributed by atoms with van der Waals surface area (Å²) >= 11 is 0. The van der Waals surface area contributed by atoms with Crippen LogP contribution in [0.3, 0.4) is 0 Å². The molecule has 0 heterocycles. The number of nitrogens with two attached hydrogens (primary N) is 1. The Morgan fingerprint density at radius 2 is 1.27 bits per heavy atom. The van der Waals surface area contributed by atoms with Crippen molar-refractivity contribution < 1.29 is 59.0 Å². The summed E-state index contributed by atoms with van der Waals surface area (Å²) in [6.45, 7) is 0.445. The van der Waals surface area contributed by atoms with Crippen LogP contribution in [0.25, 0.3) is 0 Å². The van der Waals surface area contributed by atoms with Crippen molar-refractivity contribution in [3.05, 3.63) is 59.7 Å². The Kier molecular flexibility index (Phi) is 8.77. The van der Waals surface area contributed by atoms with Gasteiger partial charge in [0.1, 0.15) is 17.6 Å². The van der Waals surface area contributed by atoms with Crippen LogP contribution in [0.1, 0.15) is 34.6 Å². The molecule has 0 bridgehead atoms. The van der Waals surface area contributed by atoms with E-state index in [0.717, 1.165) is 38.1 Å². The van der Waals surface area contributed by atoms with Gasteiger partial charge in [-0.25, -0.2) is 0 Å². The van der Waals surface area contributed by atoms with Crippen molar-refractivity contribution in [2.45, 2.75) is 36.9 Å². The van der Waals surface area contributed by atoms with Crippen LogP contribution in [0.15, 0.2) is 48.5 Å². The zero-order valence-corrected chi connectivity index (χ0v) is 19.7. The maximum Gasteiger partial charge on any atom is 0.308 e. The third kappa shape index (κ3) is 5.17. The minimum atomic E-state index is -4.14. The molecule has 0 spiro atoms. The maximum absolute atomic E-state index is 13.7. The highest BCUT2D eigenvalue weighted by Crippen LogP contribution is 2.41. The molecule has 13 heteroatoms. The Morgan fingerprint density at radius 3 is 1.65 bits per heavy atom. The van der Waals surface area contributed by atoms with Crippen molar-refractivity contribution in [1.29, 1.82) is 0 Å². The Hall–Kier alpha value is -3.85. The quantitative estimate of drug-likeness (QED) is 0.0637. The minimum Gasteiger partial charge on any atom is -0.426 e. The van der Waals surface area contributed by atoms with Crippen LogP contribution < -0.4 is 15.2 Å². The minimum absolute atomic E-state index is 0.509. The third-order valence-electron chi connectivity index (χ3n) is 5.41. The van der Waals surface area contributed by atoms with E-state index in [-0.39, 0.29) is 0 Å². The van der Waals surface area contributed by atoms with Gasteiger partial charge in [0.05, 0.1) is 17.7 Å². The number of carbonyl (C=O) groups is 5. The number of ether oxygens (including phenoxy) is 2. The summed E-state index contributed by atoms with van der Waals surface area (Å²) in [7, 11) is 0. The number of esters is 2. The lowest BCUT2D eigenvalue weighted by atomic mass is 9.65. The number of para-hydroxylation sites is 2. The maximum atomic E-state index is 13.7. The molecule has 0 amide bonds. The van der Waals surface area contributed by atoms with Gasteiger partial charge in [0, 0.05) is 13.8 Å². The van der Waals surface area contributed by atoms with Crippen LogP contribution >= 0.6 is 0 Å². The van der Waals surface area contributed by atoms with Gasteiger partial charge in [-0.3, -0.25) is 29.7 Å². The van der Waals surface area contributed by atoms with Crippen molar-refractivity contribution in [3.63, 3.8) is 0 Å². The van der Waals surface area contributed by atoms with E-state index in [4.69, 9.17) is 15.2 Å². The van der Waals surface area contributed by atoms with E-state index in [0.29, 0.717) is 0 Å². The molecular weight excluding hydrogens is 494 g/mol. The largest absolute Gasteiger partial charge is 0.426 e. The molecule has 2 aromatic rings. The van der Waals surface area contributed by atoms with E-state index in [1.165, 1.54) is 24.3 Å². The predicted molar refractivity (Wildman–Crippen MR) is 122 cm³/mol. The molecule has 0 fully saturated rings. The highest BCUT2D eigenvalue weighted by Gasteiger charge is 2.72. The van der Waals surface area contributed by atoms with Gasteiger partial charge in [-0.1, -0.05) is 24.3 Å². The van der Waals surface area contributed by atoms with E-state index in [2.05, 4.69) is 0 Å². The van der Waals surface area contributed by atoms with Crippen LogP contribution in [0.4, 0.5) is 0 Å². The number of hydrogen-bond donors (Lipinski definition) is 6. The summed E-state index contributed by atoms with van der Waals surface area (Å²) in [6, 6.07) is 9.11. The molecule has 0 unspecified atom stereocenters. The van der Waals surface area contributed by atoms with Crippen LogP contribution in [0.5, 0.6) is 11.5 Å². The Labute approximate surface area is 209 Å². The second-order valence-corrected chi connectivity index (χ2v) is 7.96. The molecule has 13 nitrogen and oxygen atoms in total. The van der Waals surface area contributed by atoms with Gasteiger partial charge in [0.25, 0.3) is 0 Å². The number of Topliss-reactive ketones (excluding diaryl/α,β-unsaturated/α-hetero) is 2. The van der Waals surface area contributed by atoms with Crippen LogP contribution in [-0.2, 0) is 14.4 Å². The first kappa shape index (κ1) is 29.4. The lowest BCUT2D eigenvalue weighted by molar-refractivity contribution is -0.221. The molecule has 0 saturated heterocycles. The third-order valence-corrected chi connectivity index (χ3v) is 5.41. The highest BCUT2D eigenvalue weighted by atomic mass is 16.5. The molecule has 0 saturated carbocycles. The van der Waals surface area contributed by atoms with Crippen LogP contribution in [0, 0.1) is 0 Å². The highest BCUT2D eigenvalue weighted by molar-refractivity contribution is 6.16. The summed E-state index contributed by atoms with van der Waals surface area (Å²) in [4.78, 5) is 62.2. The van der Waals surface area contributed by atoms with Gasteiger partial charge < -0.3 is 35.0 Å². The molecule has 0 aliphatic heterocycles. The number of carbonyl (C=O) groups excluding carboxylic acids is 5. The zero-order chi connectivity index (χ0) is 28.2. The Morgan fingerprint density at radius 1 is 0.865 bits per heavy atom. The molecule has 2 rings (SSSR count). The summed E-state index contributed by atoms with van der Waals surface area (Å²) in [6.07, 6.45) is -3.35. The Balaban J connectivity index is 2.94. The standard InChI is InChI=1S/C24H25NO12/c1-13(28)36-17-9-5-3-7-15(17)20(31)23(34,19(30)11-26)24(35,22(25,33)12-27)21(32)16-8-4-6-10-18(16)37-14(2)29/h3-10,12,19,26,30,33-35H,11,25H2,1-2H3/t19-,22+,23-,24+/m1/s1. The monoisotopic (exact) mass is 519 g/mol. The van der Waals surface area contributed by atoms with Crippen molar-refractivity contribution >= 4 is 29.8 Å². The first-order chi connectivity index (χ1) is 17.2. The average molecular weight is 519 g/mol. The van der Waals surface area contributed by atoms with Crippen molar-refractivity contribution in [2.75, 3.05) is 6.61 Å². The van der Waals surface area contributed by atoms with Crippen molar-refractivity contribution in [3.8, 4) is 11.5 Å². The number of benzene rings is 2. The molecule has 0 aromatic heterocycles. The molecule has 4 atom stereocenters. The summed E-state index contributed by atoms with van der Waals surface area (Å²) < 4.78 is 9.80. The number of aliphatic hydroxyl groups excluding tert-OH is 2. The van der Waals surface area contributed by atoms with Crippen LogP contribution in [0.2, 0.25) is 0 Å². The van der Waals surface area contributed by atoms with E-state index < -0.39 is 82.1 Å². The van der Waals surface area contributed by atoms with E-state index >= 15 is 0 Å². The summed E-state index contributed by atoms with van der Waals surface area (Å²) in [5.74, 6) is -6.53. The topological polar surface area (TPSA) is 231 Å². The summed E-state index contributed by atoms with van der Waals surface area (Å²) in [5, 5.41) is 54.1. The first-order valence-corrected chi connectivity index (χ1v) is 10.5. The zero-order valence-electron chi connectivity index (χ0n) is 19.7. The van der Waals surface area contributed by atoms with E-state index in [9.17, 15) is 49.5 Å². The smallest absolute Gasteiger partial charge is 0.308 e. The fourth-order valence-electron chi connectivity index (χ4n) is 3.63. The second-order valence-electron chi connectivity index (χ2n) is 7.96. The second kappa shape index (κ2) is 11.0. The normalized spacial score (nSPS) is 16.8. The average Bonchev–Trinajstić information content (AvgIpc) is 2.86. The van der Waals surface area contributed by atoms with Crippen molar-refractivity contribution in [1.82, 2.24) is 0 Å². The van der Waals surface area contributed by atoms with Crippen molar-refractivity contribution in [2.24, 2.45) is 5.73 Å². The lowest BCUT2D eigenvalue weighted by Gasteiger charge is -2.47.